The molecule has 3 heterocycles. The minimum atomic E-state index is -4.48. The second-order valence-corrected chi connectivity index (χ2v) is 7.68. The summed E-state index contributed by atoms with van der Waals surface area (Å²) in [5.41, 5.74) is -1.20. The largest absolute Gasteiger partial charge is 0.496 e. The van der Waals surface area contributed by atoms with Gasteiger partial charge in [0.1, 0.15) is 5.69 Å². The molecule has 0 bridgehead atoms. The van der Waals surface area contributed by atoms with Crippen LogP contribution in [0.4, 0.5) is 13.2 Å². The van der Waals surface area contributed by atoms with Gasteiger partial charge in [-0.15, -0.1) is 0 Å². The zero-order valence-electron chi connectivity index (χ0n) is 14.9. The van der Waals surface area contributed by atoms with Crippen molar-refractivity contribution in [2.45, 2.75) is 63.8 Å². The van der Waals surface area contributed by atoms with Crippen molar-refractivity contribution in [3.05, 3.63) is 23.5 Å². The fourth-order valence-electron chi connectivity index (χ4n) is 3.16. The highest BCUT2D eigenvalue weighted by Crippen LogP contribution is 2.39. The van der Waals surface area contributed by atoms with Crippen molar-refractivity contribution in [2.24, 2.45) is 0 Å². The Labute approximate surface area is 146 Å². The predicted molar refractivity (Wildman–Crippen MR) is 87.7 cm³/mol. The molecule has 8 heteroatoms. The molecule has 2 fully saturated rings. The fourth-order valence-corrected chi connectivity index (χ4v) is 3.16. The highest BCUT2D eigenvalue weighted by atomic mass is 19.4. The second-order valence-electron chi connectivity index (χ2n) is 7.68. The van der Waals surface area contributed by atoms with Gasteiger partial charge in [0.25, 0.3) is 0 Å². The highest BCUT2D eigenvalue weighted by molar-refractivity contribution is 6.62. The molecule has 0 aliphatic carbocycles. The first-order chi connectivity index (χ1) is 11.5. The molecule has 138 valence electrons. The summed E-state index contributed by atoms with van der Waals surface area (Å²) < 4.78 is 57.4. The normalized spacial score (nSPS) is 23.9. The number of aromatic nitrogens is 1. The third-order valence-electron chi connectivity index (χ3n) is 5.39. The summed E-state index contributed by atoms with van der Waals surface area (Å²) in [5, 5.41) is 0. The lowest BCUT2D eigenvalue weighted by Gasteiger charge is -2.32. The van der Waals surface area contributed by atoms with Crippen molar-refractivity contribution < 1.29 is 27.2 Å². The maximum absolute atomic E-state index is 13.4. The van der Waals surface area contributed by atoms with Gasteiger partial charge in [-0.25, -0.2) is 0 Å². The van der Waals surface area contributed by atoms with Gasteiger partial charge in [-0.2, -0.15) is 13.2 Å². The van der Waals surface area contributed by atoms with E-state index in [2.05, 4.69) is 4.98 Å². The van der Waals surface area contributed by atoms with Crippen molar-refractivity contribution >= 4 is 12.6 Å². The fraction of sp³-hybridized carbons (Fsp3) is 0.706. The van der Waals surface area contributed by atoms with E-state index in [0.717, 1.165) is 0 Å². The third-order valence-corrected chi connectivity index (χ3v) is 5.39. The summed E-state index contributed by atoms with van der Waals surface area (Å²) in [7, 11) is -0.724. The molecule has 2 aliphatic rings. The first-order valence-electron chi connectivity index (χ1n) is 8.52. The molecule has 0 radical (unpaired) electrons. The number of halogens is 3. The lowest BCUT2D eigenvalue weighted by Crippen LogP contribution is -2.41. The van der Waals surface area contributed by atoms with E-state index in [4.69, 9.17) is 14.0 Å². The summed E-state index contributed by atoms with van der Waals surface area (Å²) in [6.45, 7) is 8.55. The summed E-state index contributed by atoms with van der Waals surface area (Å²) in [6.07, 6.45) is -2.16. The molecule has 0 atom stereocenters. The molecule has 2 saturated heterocycles. The van der Waals surface area contributed by atoms with E-state index in [1.807, 2.05) is 27.7 Å². The molecule has 1 aromatic heterocycles. The lowest BCUT2D eigenvalue weighted by molar-refractivity contribution is -0.142. The Kier molecular flexibility index (Phi) is 4.67. The van der Waals surface area contributed by atoms with Crippen molar-refractivity contribution in [1.82, 2.24) is 4.98 Å². The second kappa shape index (κ2) is 6.25. The number of rotatable bonds is 2. The van der Waals surface area contributed by atoms with Crippen molar-refractivity contribution in [2.75, 3.05) is 13.2 Å². The number of hydrogen-bond acceptors (Lipinski definition) is 4. The van der Waals surface area contributed by atoms with Crippen LogP contribution in [-0.4, -0.2) is 36.5 Å². The average molecular weight is 357 g/mol. The number of alkyl halides is 3. The Hall–Kier alpha value is -1.12. The molecule has 0 amide bonds. The Bertz CT molecular complexity index is 627. The van der Waals surface area contributed by atoms with Gasteiger partial charge in [0.05, 0.1) is 11.2 Å². The van der Waals surface area contributed by atoms with Crippen LogP contribution in [-0.2, 0) is 20.2 Å². The molecule has 0 N–H and O–H groups in total. The van der Waals surface area contributed by atoms with Crippen molar-refractivity contribution in [1.29, 1.82) is 0 Å². The maximum Gasteiger partial charge on any atom is 0.496 e. The van der Waals surface area contributed by atoms with Crippen LogP contribution < -0.4 is 5.46 Å². The number of pyridine rings is 1. The van der Waals surface area contributed by atoms with Crippen LogP contribution in [0.15, 0.2) is 12.3 Å². The summed E-state index contributed by atoms with van der Waals surface area (Å²) >= 11 is 0. The van der Waals surface area contributed by atoms with Crippen LogP contribution in [0.25, 0.3) is 0 Å². The molecular weight excluding hydrogens is 334 g/mol. The van der Waals surface area contributed by atoms with E-state index in [9.17, 15) is 13.2 Å². The molecule has 1 aromatic rings. The van der Waals surface area contributed by atoms with E-state index < -0.39 is 30.2 Å². The van der Waals surface area contributed by atoms with E-state index in [-0.39, 0.29) is 11.5 Å². The van der Waals surface area contributed by atoms with Gasteiger partial charge in [0.15, 0.2) is 0 Å². The molecule has 3 rings (SSSR count). The molecular formula is C17H23BF3NO3. The van der Waals surface area contributed by atoms with Crippen LogP contribution in [0, 0.1) is 0 Å². The number of ether oxygens (including phenoxy) is 1. The van der Waals surface area contributed by atoms with Gasteiger partial charge in [-0.3, -0.25) is 4.98 Å². The standard InChI is InChI=1S/C17H23BF3NO3/c1-15(2)16(3,4)25-18(24-15)12-9-13(11-5-7-23-8-6-11)14(22-10-12)17(19,20)21/h9-11H,5-8H2,1-4H3. The minimum absolute atomic E-state index is 0.211. The zero-order chi connectivity index (χ0) is 18.5. The van der Waals surface area contributed by atoms with Crippen LogP contribution in [0.1, 0.15) is 57.7 Å². The van der Waals surface area contributed by atoms with Gasteiger partial charge < -0.3 is 14.0 Å². The van der Waals surface area contributed by atoms with Gasteiger partial charge in [-0.05, 0) is 52.0 Å². The summed E-state index contributed by atoms with van der Waals surface area (Å²) in [5.74, 6) is -0.222. The Morgan fingerprint density at radius 1 is 1.08 bits per heavy atom. The van der Waals surface area contributed by atoms with E-state index in [1.165, 1.54) is 6.20 Å². The molecule has 0 saturated carbocycles. The monoisotopic (exact) mass is 357 g/mol. The van der Waals surface area contributed by atoms with Crippen LogP contribution in [0.5, 0.6) is 0 Å². The molecule has 25 heavy (non-hydrogen) atoms. The van der Waals surface area contributed by atoms with Crippen molar-refractivity contribution in [3.8, 4) is 0 Å². The smallest absolute Gasteiger partial charge is 0.399 e. The zero-order valence-corrected chi connectivity index (χ0v) is 14.9. The van der Waals surface area contributed by atoms with Gasteiger partial charge in [0.2, 0.25) is 0 Å². The topological polar surface area (TPSA) is 40.6 Å². The Morgan fingerprint density at radius 2 is 1.64 bits per heavy atom. The maximum atomic E-state index is 13.4. The van der Waals surface area contributed by atoms with Crippen LogP contribution >= 0.6 is 0 Å². The van der Waals surface area contributed by atoms with Crippen molar-refractivity contribution in [3.63, 3.8) is 0 Å². The van der Waals surface area contributed by atoms with Crippen LogP contribution in [0.3, 0.4) is 0 Å². The molecule has 4 nitrogen and oxygen atoms in total. The third kappa shape index (κ3) is 3.57. The minimum Gasteiger partial charge on any atom is -0.399 e. The SMILES string of the molecule is CC1(C)OB(c2cnc(C(F)(F)F)c(C3CCOCC3)c2)OC1(C)C. The van der Waals surface area contributed by atoms with Gasteiger partial charge >= 0.3 is 13.3 Å². The van der Waals surface area contributed by atoms with Gasteiger partial charge in [-0.1, -0.05) is 6.07 Å². The number of nitrogens with zero attached hydrogens (tertiary/aromatic N) is 1. The van der Waals surface area contributed by atoms with E-state index >= 15 is 0 Å². The molecule has 0 spiro atoms. The first-order valence-corrected chi connectivity index (χ1v) is 8.52. The summed E-state index contributed by atoms with van der Waals surface area (Å²) in [6, 6.07) is 1.55. The lowest BCUT2D eigenvalue weighted by atomic mass is 9.77. The summed E-state index contributed by atoms with van der Waals surface area (Å²) in [4.78, 5) is 3.74. The highest BCUT2D eigenvalue weighted by Gasteiger charge is 2.52. The Morgan fingerprint density at radius 3 is 2.16 bits per heavy atom. The predicted octanol–water partition coefficient (Wildman–Crippen LogP) is 3.29. The van der Waals surface area contributed by atoms with E-state index in [1.54, 1.807) is 6.07 Å². The van der Waals surface area contributed by atoms with Gasteiger partial charge in [0, 0.05) is 24.9 Å². The quantitative estimate of drug-likeness (QED) is 0.762. The molecule has 0 aromatic carbocycles. The Balaban J connectivity index is 1.97. The van der Waals surface area contributed by atoms with Crippen LogP contribution in [0.2, 0.25) is 0 Å². The average Bonchev–Trinajstić information content (AvgIpc) is 2.75. The first kappa shape index (κ1) is 18.7. The molecule has 2 aliphatic heterocycles. The number of hydrogen-bond donors (Lipinski definition) is 0. The van der Waals surface area contributed by atoms with E-state index in [0.29, 0.717) is 31.5 Å². The molecule has 0 unspecified atom stereocenters.